The first kappa shape index (κ1) is 21.9. The molecule has 1 aliphatic rings. The maximum Gasteiger partial charge on any atom is 0.256 e. The number of nitrogens with one attached hydrogen (secondary N) is 1. The van der Waals surface area contributed by atoms with Crippen LogP contribution in [0.5, 0.6) is 5.75 Å². The molecular weight excluding hydrogens is 428 g/mol. The standard InChI is InChI=1S/C25H23ClN2O4/c1-31-20-12-8-18(9-13-20)24(29)27-22-5-3-2-4-21(22)25(30)28-14-15-32-23(16-28)17-6-10-19(26)11-7-17/h2-13,23H,14-16H2,1H3,(H,27,29). The lowest BCUT2D eigenvalue weighted by atomic mass is 10.1. The average molecular weight is 451 g/mol. The molecule has 1 atom stereocenters. The van der Waals surface area contributed by atoms with Crippen LogP contribution in [0, 0.1) is 0 Å². The zero-order valence-electron chi connectivity index (χ0n) is 17.6. The van der Waals surface area contributed by atoms with Gasteiger partial charge in [-0.15, -0.1) is 0 Å². The summed E-state index contributed by atoms with van der Waals surface area (Å²) in [5.74, 6) is 0.214. The van der Waals surface area contributed by atoms with E-state index in [9.17, 15) is 9.59 Å². The van der Waals surface area contributed by atoms with Crippen molar-refractivity contribution in [3.05, 3.63) is 94.5 Å². The van der Waals surface area contributed by atoms with Gasteiger partial charge >= 0.3 is 0 Å². The first-order valence-corrected chi connectivity index (χ1v) is 10.6. The molecule has 0 radical (unpaired) electrons. The van der Waals surface area contributed by atoms with Crippen LogP contribution in [0.4, 0.5) is 5.69 Å². The molecule has 32 heavy (non-hydrogen) atoms. The molecule has 1 heterocycles. The normalized spacial score (nSPS) is 15.8. The van der Waals surface area contributed by atoms with E-state index in [4.69, 9.17) is 21.1 Å². The Morgan fingerprint density at radius 3 is 2.47 bits per heavy atom. The maximum atomic E-state index is 13.3. The minimum absolute atomic E-state index is 0.155. The zero-order chi connectivity index (χ0) is 22.5. The summed E-state index contributed by atoms with van der Waals surface area (Å²) in [5, 5.41) is 3.51. The molecule has 1 N–H and O–H groups in total. The van der Waals surface area contributed by atoms with Gasteiger partial charge in [-0.3, -0.25) is 9.59 Å². The molecule has 2 amide bonds. The number of methoxy groups -OCH3 is 1. The Bertz CT molecular complexity index is 1100. The molecule has 0 spiro atoms. The van der Waals surface area contributed by atoms with Crippen LogP contribution in [0.3, 0.4) is 0 Å². The summed E-state index contributed by atoms with van der Waals surface area (Å²) in [7, 11) is 1.57. The monoisotopic (exact) mass is 450 g/mol. The lowest BCUT2D eigenvalue weighted by Crippen LogP contribution is -2.42. The SMILES string of the molecule is COc1ccc(C(=O)Nc2ccccc2C(=O)N2CCOC(c3ccc(Cl)cc3)C2)cc1. The molecule has 0 aromatic heterocycles. The molecular formula is C25H23ClN2O4. The van der Waals surface area contributed by atoms with Gasteiger partial charge in [-0.05, 0) is 54.1 Å². The van der Waals surface area contributed by atoms with Gasteiger partial charge in [0.15, 0.2) is 0 Å². The number of benzene rings is 3. The van der Waals surface area contributed by atoms with Crippen LogP contribution in [-0.4, -0.2) is 43.5 Å². The third-order valence-corrected chi connectivity index (χ3v) is 5.61. The van der Waals surface area contributed by atoms with E-state index in [2.05, 4.69) is 5.32 Å². The summed E-state index contributed by atoms with van der Waals surface area (Å²) >= 11 is 5.98. The van der Waals surface area contributed by atoms with Gasteiger partial charge in [0.1, 0.15) is 11.9 Å². The van der Waals surface area contributed by atoms with Gasteiger partial charge < -0.3 is 19.7 Å². The highest BCUT2D eigenvalue weighted by molar-refractivity contribution is 6.30. The smallest absolute Gasteiger partial charge is 0.256 e. The first-order chi connectivity index (χ1) is 15.5. The highest BCUT2D eigenvalue weighted by Crippen LogP contribution is 2.26. The fourth-order valence-corrected chi connectivity index (χ4v) is 3.72. The number of halogens is 1. The topological polar surface area (TPSA) is 67.9 Å². The number of amides is 2. The highest BCUT2D eigenvalue weighted by atomic mass is 35.5. The zero-order valence-corrected chi connectivity index (χ0v) is 18.3. The molecule has 1 saturated heterocycles. The van der Waals surface area contributed by atoms with E-state index >= 15 is 0 Å². The molecule has 0 aliphatic carbocycles. The van der Waals surface area contributed by atoms with Crippen LogP contribution in [0.15, 0.2) is 72.8 Å². The van der Waals surface area contributed by atoms with E-state index in [0.29, 0.717) is 47.3 Å². The fourth-order valence-electron chi connectivity index (χ4n) is 3.60. The van der Waals surface area contributed by atoms with E-state index in [-0.39, 0.29) is 17.9 Å². The molecule has 4 rings (SSSR count). The van der Waals surface area contributed by atoms with Gasteiger partial charge in [0.25, 0.3) is 11.8 Å². The van der Waals surface area contributed by atoms with E-state index in [1.165, 1.54) is 0 Å². The molecule has 0 bridgehead atoms. The van der Waals surface area contributed by atoms with Crippen molar-refractivity contribution in [1.29, 1.82) is 0 Å². The third-order valence-electron chi connectivity index (χ3n) is 5.35. The Labute approximate surface area is 191 Å². The third kappa shape index (κ3) is 4.93. The Morgan fingerprint density at radius 2 is 1.75 bits per heavy atom. The second kappa shape index (κ2) is 9.85. The summed E-state index contributed by atoms with van der Waals surface area (Å²) < 4.78 is 11.0. The number of hydrogen-bond donors (Lipinski definition) is 1. The number of morpholine rings is 1. The van der Waals surface area contributed by atoms with Crippen molar-refractivity contribution in [2.75, 3.05) is 32.1 Å². The molecule has 3 aromatic carbocycles. The minimum atomic E-state index is -0.297. The molecule has 1 aliphatic heterocycles. The lowest BCUT2D eigenvalue weighted by Gasteiger charge is -2.33. The van der Waals surface area contributed by atoms with Crippen molar-refractivity contribution in [3.8, 4) is 5.75 Å². The predicted octanol–water partition coefficient (Wildman–Crippen LogP) is 4.81. The fraction of sp³-hybridized carbons (Fsp3) is 0.200. The number of rotatable bonds is 5. The Hall–Kier alpha value is -3.35. The maximum absolute atomic E-state index is 13.3. The molecule has 0 saturated carbocycles. The molecule has 1 unspecified atom stereocenters. The van der Waals surface area contributed by atoms with Gasteiger partial charge in [0.2, 0.25) is 0 Å². The highest BCUT2D eigenvalue weighted by Gasteiger charge is 2.27. The summed E-state index contributed by atoms with van der Waals surface area (Å²) in [6, 6.07) is 21.2. The quantitative estimate of drug-likeness (QED) is 0.605. The molecule has 6 nitrogen and oxygen atoms in total. The summed E-state index contributed by atoms with van der Waals surface area (Å²) in [6.45, 7) is 1.32. The van der Waals surface area contributed by atoms with Gasteiger partial charge in [-0.1, -0.05) is 35.9 Å². The lowest BCUT2D eigenvalue weighted by molar-refractivity contribution is -0.0227. The Kier molecular flexibility index (Phi) is 6.73. The largest absolute Gasteiger partial charge is 0.497 e. The van der Waals surface area contributed by atoms with Gasteiger partial charge in [-0.2, -0.15) is 0 Å². The molecule has 164 valence electrons. The molecule has 3 aromatic rings. The second-order valence-electron chi connectivity index (χ2n) is 7.39. The van der Waals surface area contributed by atoms with Crippen LogP contribution < -0.4 is 10.1 Å². The number of nitrogens with zero attached hydrogens (tertiary/aromatic N) is 1. The van der Waals surface area contributed by atoms with Crippen molar-refractivity contribution in [3.63, 3.8) is 0 Å². The van der Waals surface area contributed by atoms with Crippen LogP contribution in [0.2, 0.25) is 5.02 Å². The first-order valence-electron chi connectivity index (χ1n) is 10.3. The van der Waals surface area contributed by atoms with E-state index in [0.717, 1.165) is 5.56 Å². The van der Waals surface area contributed by atoms with Crippen molar-refractivity contribution in [2.45, 2.75) is 6.10 Å². The number of ether oxygens (including phenoxy) is 2. The van der Waals surface area contributed by atoms with Crippen molar-refractivity contribution in [2.24, 2.45) is 0 Å². The molecule has 7 heteroatoms. The van der Waals surface area contributed by atoms with Crippen molar-refractivity contribution < 1.29 is 19.1 Å². The molecule has 1 fully saturated rings. The van der Waals surface area contributed by atoms with Gasteiger partial charge in [-0.25, -0.2) is 0 Å². The number of anilines is 1. The van der Waals surface area contributed by atoms with Gasteiger partial charge in [0.05, 0.1) is 31.5 Å². The Morgan fingerprint density at radius 1 is 1.03 bits per heavy atom. The summed E-state index contributed by atoms with van der Waals surface area (Å²) in [5.41, 5.74) is 2.34. The van der Waals surface area contributed by atoms with E-state index in [1.807, 2.05) is 24.3 Å². The Balaban J connectivity index is 1.50. The van der Waals surface area contributed by atoms with E-state index < -0.39 is 0 Å². The summed E-state index contributed by atoms with van der Waals surface area (Å²) in [4.78, 5) is 27.8. The van der Waals surface area contributed by atoms with Crippen LogP contribution >= 0.6 is 11.6 Å². The average Bonchev–Trinajstić information content (AvgIpc) is 2.84. The van der Waals surface area contributed by atoms with Crippen molar-refractivity contribution in [1.82, 2.24) is 4.90 Å². The van der Waals surface area contributed by atoms with Gasteiger partial charge in [0, 0.05) is 17.1 Å². The van der Waals surface area contributed by atoms with Crippen molar-refractivity contribution >= 4 is 29.1 Å². The number of carbonyl (C=O) groups excluding carboxylic acids is 2. The predicted molar refractivity (Wildman–Crippen MR) is 123 cm³/mol. The number of para-hydroxylation sites is 1. The summed E-state index contributed by atoms with van der Waals surface area (Å²) in [6.07, 6.45) is -0.231. The van der Waals surface area contributed by atoms with Crippen LogP contribution in [0.25, 0.3) is 0 Å². The van der Waals surface area contributed by atoms with Crippen LogP contribution in [0.1, 0.15) is 32.4 Å². The number of carbonyl (C=O) groups is 2. The number of hydrogen-bond acceptors (Lipinski definition) is 4. The van der Waals surface area contributed by atoms with E-state index in [1.54, 1.807) is 60.5 Å². The second-order valence-corrected chi connectivity index (χ2v) is 7.83. The van der Waals surface area contributed by atoms with Crippen LogP contribution in [-0.2, 0) is 4.74 Å². The minimum Gasteiger partial charge on any atom is -0.497 e.